The summed E-state index contributed by atoms with van der Waals surface area (Å²) in [6, 6.07) is 3.29. The number of carbonyl (C=O) groups excluding carboxylic acids is 1. The normalized spacial score (nSPS) is 10.1. The van der Waals surface area contributed by atoms with Crippen LogP contribution in [-0.4, -0.2) is 35.5 Å². The summed E-state index contributed by atoms with van der Waals surface area (Å²) >= 11 is 5.41. The number of hydrogen-bond donors (Lipinski definition) is 0. The molecule has 0 spiro atoms. The Morgan fingerprint density at radius 3 is 2.15 bits per heavy atom. The summed E-state index contributed by atoms with van der Waals surface area (Å²) in [6.07, 6.45) is 0. The van der Waals surface area contributed by atoms with Gasteiger partial charge in [0.2, 0.25) is 11.6 Å². The summed E-state index contributed by atoms with van der Waals surface area (Å²) < 4.78 is 4.75. The van der Waals surface area contributed by atoms with Crippen molar-refractivity contribution in [2.45, 2.75) is 0 Å². The van der Waals surface area contributed by atoms with E-state index in [0.29, 0.717) is 0 Å². The molecule has 0 atom stereocenters. The first kappa shape index (κ1) is 15.8. The van der Waals surface area contributed by atoms with Crippen molar-refractivity contribution in [3.8, 4) is 0 Å². The van der Waals surface area contributed by atoms with E-state index in [4.69, 9.17) is 16.3 Å². The highest BCUT2D eigenvalue weighted by atomic mass is 35.5. The molecule has 0 bridgehead atoms. The van der Waals surface area contributed by atoms with E-state index in [1.54, 1.807) is 0 Å². The number of alkyl halides is 1. The number of halogens is 1. The molecule has 0 aliphatic rings. The fourth-order valence-corrected chi connectivity index (χ4v) is 1.70. The molecule has 0 N–H and O–H groups in total. The highest BCUT2D eigenvalue weighted by Gasteiger charge is 2.32. The summed E-state index contributed by atoms with van der Waals surface area (Å²) in [7, 11) is 1.25. The number of nitro benzene ring substituents is 2. The average molecular weight is 304 g/mol. The minimum atomic E-state index is -0.813. The lowest BCUT2D eigenvalue weighted by Crippen LogP contribution is -2.34. The topological polar surface area (TPSA) is 116 Å². The second kappa shape index (κ2) is 6.78. The number of nitrogens with zero attached hydrogens (tertiary/aromatic N) is 3. The number of anilines is 1. The second-order valence-electron chi connectivity index (χ2n) is 3.53. The molecule has 0 saturated heterocycles. The maximum atomic E-state index is 11.7. The van der Waals surface area contributed by atoms with Gasteiger partial charge in [-0.1, -0.05) is 0 Å². The van der Waals surface area contributed by atoms with Gasteiger partial charge in [0.05, 0.1) is 9.85 Å². The number of nitro groups is 2. The minimum Gasteiger partial charge on any atom is -0.364 e. The molecule has 0 aromatic heterocycles. The van der Waals surface area contributed by atoms with Crippen LogP contribution in [0, 0.1) is 20.2 Å². The Labute approximate surface area is 118 Å². The lowest BCUT2D eigenvalue weighted by molar-refractivity contribution is -0.392. The van der Waals surface area contributed by atoms with Gasteiger partial charge in [0.25, 0.3) is 11.4 Å². The summed E-state index contributed by atoms with van der Waals surface area (Å²) in [4.78, 5) is 32.8. The summed E-state index contributed by atoms with van der Waals surface area (Å²) in [5, 5.41) is 22.0. The molecule has 9 nitrogen and oxygen atoms in total. The number of methoxy groups -OCH3 is 1. The smallest absolute Gasteiger partial charge is 0.300 e. The Kier molecular flexibility index (Phi) is 5.35. The zero-order chi connectivity index (χ0) is 15.3. The lowest BCUT2D eigenvalue weighted by atomic mass is 10.2. The van der Waals surface area contributed by atoms with Crippen molar-refractivity contribution in [2.24, 2.45) is 0 Å². The number of benzene rings is 1. The molecule has 0 aliphatic heterocycles. The van der Waals surface area contributed by atoms with Crippen LogP contribution in [0.25, 0.3) is 0 Å². The maximum Gasteiger partial charge on any atom is 0.300 e. The van der Waals surface area contributed by atoms with Crippen molar-refractivity contribution in [3.63, 3.8) is 0 Å². The quantitative estimate of drug-likeness (QED) is 0.341. The molecule has 1 amide bonds. The third-order valence-electron chi connectivity index (χ3n) is 2.33. The second-order valence-corrected chi connectivity index (χ2v) is 3.80. The van der Waals surface area contributed by atoms with Crippen LogP contribution < -0.4 is 4.90 Å². The van der Waals surface area contributed by atoms with Gasteiger partial charge in [0.1, 0.15) is 12.6 Å². The molecule has 1 aromatic rings. The van der Waals surface area contributed by atoms with Gasteiger partial charge in [-0.15, -0.1) is 11.6 Å². The maximum absolute atomic E-state index is 11.7. The third kappa shape index (κ3) is 3.19. The van der Waals surface area contributed by atoms with Crippen molar-refractivity contribution in [1.29, 1.82) is 0 Å². The molecule has 0 fully saturated rings. The minimum absolute atomic E-state index is 0.392. The number of ether oxygens (including phenoxy) is 1. The van der Waals surface area contributed by atoms with Crippen LogP contribution in [-0.2, 0) is 9.53 Å². The standard InChI is InChI=1S/C10H10ClN3O6/c1-20-6-12(9(15)5-11)10-7(13(16)17)3-2-4-8(10)14(18)19/h2-4H,5-6H2,1H3. The molecule has 0 unspecified atom stereocenters. The van der Waals surface area contributed by atoms with Crippen LogP contribution in [0.15, 0.2) is 18.2 Å². The summed E-state index contributed by atoms with van der Waals surface area (Å²) in [5.74, 6) is -1.24. The average Bonchev–Trinajstić information content (AvgIpc) is 2.43. The first-order valence-corrected chi connectivity index (χ1v) is 5.74. The van der Waals surface area contributed by atoms with Crippen LogP contribution in [0.1, 0.15) is 0 Å². The molecule has 0 saturated carbocycles. The molecule has 1 rings (SSSR count). The van der Waals surface area contributed by atoms with E-state index >= 15 is 0 Å². The molecule has 20 heavy (non-hydrogen) atoms. The molecular formula is C10H10ClN3O6. The molecule has 0 heterocycles. The van der Waals surface area contributed by atoms with Gasteiger partial charge in [0, 0.05) is 19.2 Å². The van der Waals surface area contributed by atoms with Crippen molar-refractivity contribution in [3.05, 3.63) is 38.4 Å². The van der Waals surface area contributed by atoms with E-state index in [-0.39, 0.29) is 0 Å². The fraction of sp³-hybridized carbons (Fsp3) is 0.300. The fourth-order valence-electron chi connectivity index (χ4n) is 1.55. The number of carbonyl (C=O) groups is 1. The summed E-state index contributed by atoms with van der Waals surface area (Å²) in [6.45, 7) is -0.392. The zero-order valence-electron chi connectivity index (χ0n) is 10.3. The van der Waals surface area contributed by atoms with Gasteiger partial charge in [0.15, 0.2) is 0 Å². The van der Waals surface area contributed by atoms with Gasteiger partial charge in [-0.05, 0) is 6.07 Å². The Morgan fingerprint density at radius 2 is 1.80 bits per heavy atom. The van der Waals surface area contributed by atoms with Crippen LogP contribution in [0.2, 0.25) is 0 Å². The monoisotopic (exact) mass is 303 g/mol. The molecule has 0 radical (unpaired) electrons. The Balaban J connectivity index is 3.54. The van der Waals surface area contributed by atoms with E-state index in [9.17, 15) is 25.0 Å². The number of rotatable bonds is 6. The van der Waals surface area contributed by atoms with Gasteiger partial charge in [-0.3, -0.25) is 29.9 Å². The van der Waals surface area contributed by atoms with Gasteiger partial charge >= 0.3 is 0 Å². The van der Waals surface area contributed by atoms with Crippen LogP contribution in [0.4, 0.5) is 17.1 Å². The summed E-state index contributed by atoms with van der Waals surface area (Å²) in [5.41, 5.74) is -1.60. The first-order chi connectivity index (χ1) is 9.43. The van der Waals surface area contributed by atoms with Crippen molar-refractivity contribution < 1.29 is 19.4 Å². The first-order valence-electron chi connectivity index (χ1n) is 5.21. The van der Waals surface area contributed by atoms with Gasteiger partial charge in [-0.25, -0.2) is 0 Å². The van der Waals surface area contributed by atoms with Gasteiger partial charge in [-0.2, -0.15) is 0 Å². The van der Waals surface area contributed by atoms with Crippen molar-refractivity contribution in [2.75, 3.05) is 24.6 Å². The predicted octanol–water partition coefficient (Wildman–Crippen LogP) is 1.68. The van der Waals surface area contributed by atoms with Crippen molar-refractivity contribution in [1.82, 2.24) is 0 Å². The molecular weight excluding hydrogens is 294 g/mol. The third-order valence-corrected chi connectivity index (χ3v) is 2.56. The lowest BCUT2D eigenvalue weighted by Gasteiger charge is -2.20. The van der Waals surface area contributed by atoms with Crippen molar-refractivity contribution >= 4 is 34.6 Å². The highest BCUT2D eigenvalue weighted by Crippen LogP contribution is 2.37. The van der Waals surface area contributed by atoms with Crippen LogP contribution >= 0.6 is 11.6 Å². The molecule has 108 valence electrons. The zero-order valence-corrected chi connectivity index (χ0v) is 11.1. The van der Waals surface area contributed by atoms with E-state index in [0.717, 1.165) is 23.1 Å². The Bertz CT molecular complexity index is 518. The molecule has 10 heteroatoms. The predicted molar refractivity (Wildman–Crippen MR) is 69.8 cm³/mol. The number of amides is 1. The van der Waals surface area contributed by atoms with Crippen LogP contribution in [0.5, 0.6) is 0 Å². The highest BCUT2D eigenvalue weighted by molar-refractivity contribution is 6.29. The number of hydrogen-bond acceptors (Lipinski definition) is 6. The number of para-hydroxylation sites is 1. The van der Waals surface area contributed by atoms with E-state index < -0.39 is 45.4 Å². The van der Waals surface area contributed by atoms with E-state index in [2.05, 4.69) is 0 Å². The largest absolute Gasteiger partial charge is 0.364 e. The van der Waals surface area contributed by atoms with Crippen LogP contribution in [0.3, 0.4) is 0 Å². The SMILES string of the molecule is COCN(C(=O)CCl)c1c([N+](=O)[O-])cccc1[N+](=O)[O-]. The van der Waals surface area contributed by atoms with Gasteiger partial charge < -0.3 is 4.74 Å². The Morgan fingerprint density at radius 1 is 1.30 bits per heavy atom. The Hall–Kier alpha value is -2.26. The molecule has 0 aliphatic carbocycles. The molecule has 1 aromatic carbocycles. The van der Waals surface area contributed by atoms with E-state index in [1.165, 1.54) is 7.11 Å². The van der Waals surface area contributed by atoms with E-state index in [1.807, 2.05) is 0 Å².